The summed E-state index contributed by atoms with van der Waals surface area (Å²) in [4.78, 5) is 2.23. The van der Waals surface area contributed by atoms with E-state index in [2.05, 4.69) is 35.6 Å². The highest BCUT2D eigenvalue weighted by Crippen LogP contribution is 2.06. The average Bonchev–Trinajstić information content (AvgIpc) is 2.64. The summed E-state index contributed by atoms with van der Waals surface area (Å²) in [5.74, 6) is 0. The minimum Gasteiger partial charge on any atom is -0.317 e. The van der Waals surface area contributed by atoms with Crippen molar-refractivity contribution in [2.24, 2.45) is 7.05 Å². The van der Waals surface area contributed by atoms with Crippen LogP contribution in [-0.4, -0.2) is 48.4 Å². The van der Waals surface area contributed by atoms with Crippen molar-refractivity contribution in [2.45, 2.75) is 25.3 Å². The minimum atomic E-state index is 0.600. The normalized spacial score (nSPS) is 13.3. The number of nitrogens with one attached hydrogen (secondary N) is 1. The van der Waals surface area contributed by atoms with Crippen LogP contribution in [0, 0.1) is 0 Å². The Morgan fingerprint density at radius 2 is 2.19 bits per heavy atom. The van der Waals surface area contributed by atoms with Crippen molar-refractivity contribution >= 4 is 0 Å². The van der Waals surface area contributed by atoms with E-state index in [-0.39, 0.29) is 0 Å². The van der Waals surface area contributed by atoms with Crippen molar-refractivity contribution in [2.75, 3.05) is 27.7 Å². The Labute approximate surface area is 98.6 Å². The SMILES string of the molecule is CNC(CCc1cnn(C)c1)CCN(C)C. The molecule has 1 N–H and O–H groups in total. The van der Waals surface area contributed by atoms with Crippen LogP contribution in [0.3, 0.4) is 0 Å². The van der Waals surface area contributed by atoms with E-state index in [1.807, 2.05) is 25.0 Å². The lowest BCUT2D eigenvalue weighted by molar-refractivity contribution is 0.357. The summed E-state index contributed by atoms with van der Waals surface area (Å²) < 4.78 is 1.86. The van der Waals surface area contributed by atoms with Gasteiger partial charge in [0.25, 0.3) is 0 Å². The minimum absolute atomic E-state index is 0.600. The second kappa shape index (κ2) is 6.66. The molecule has 92 valence electrons. The Balaban J connectivity index is 2.28. The van der Waals surface area contributed by atoms with E-state index in [9.17, 15) is 0 Å². The molecule has 0 bridgehead atoms. The number of hydrogen-bond acceptors (Lipinski definition) is 3. The molecule has 0 saturated heterocycles. The van der Waals surface area contributed by atoms with Crippen LogP contribution >= 0.6 is 0 Å². The predicted molar refractivity (Wildman–Crippen MR) is 67.5 cm³/mol. The Kier molecular flexibility index (Phi) is 5.49. The van der Waals surface area contributed by atoms with Crippen LogP contribution in [0.5, 0.6) is 0 Å². The molecule has 0 aliphatic rings. The van der Waals surface area contributed by atoms with Gasteiger partial charge >= 0.3 is 0 Å². The highest BCUT2D eigenvalue weighted by molar-refractivity contribution is 5.03. The van der Waals surface area contributed by atoms with Crippen LogP contribution in [-0.2, 0) is 13.5 Å². The van der Waals surface area contributed by atoms with E-state index in [0.717, 1.165) is 13.0 Å². The molecule has 4 nitrogen and oxygen atoms in total. The van der Waals surface area contributed by atoms with Crippen molar-refractivity contribution in [1.29, 1.82) is 0 Å². The molecule has 4 heteroatoms. The summed E-state index contributed by atoms with van der Waals surface area (Å²) in [6, 6.07) is 0.600. The van der Waals surface area contributed by atoms with Gasteiger partial charge in [0.05, 0.1) is 6.20 Å². The molecule has 0 saturated carbocycles. The average molecular weight is 224 g/mol. The second-order valence-corrected chi connectivity index (χ2v) is 4.64. The van der Waals surface area contributed by atoms with Crippen molar-refractivity contribution < 1.29 is 0 Å². The number of aromatic nitrogens is 2. The zero-order valence-corrected chi connectivity index (χ0v) is 10.9. The summed E-state index contributed by atoms with van der Waals surface area (Å²) >= 11 is 0. The molecule has 1 atom stereocenters. The maximum atomic E-state index is 4.18. The van der Waals surface area contributed by atoms with Crippen LogP contribution in [0.25, 0.3) is 0 Å². The summed E-state index contributed by atoms with van der Waals surface area (Å²) in [6.45, 7) is 1.14. The van der Waals surface area contributed by atoms with E-state index in [1.165, 1.54) is 18.4 Å². The smallest absolute Gasteiger partial charge is 0.0521 e. The molecule has 0 aliphatic heterocycles. The van der Waals surface area contributed by atoms with Gasteiger partial charge in [-0.3, -0.25) is 4.68 Å². The lowest BCUT2D eigenvalue weighted by atomic mass is 10.1. The molecule has 1 heterocycles. The second-order valence-electron chi connectivity index (χ2n) is 4.64. The molecule has 0 aromatic carbocycles. The number of rotatable bonds is 7. The van der Waals surface area contributed by atoms with Crippen LogP contribution in [0.2, 0.25) is 0 Å². The molecule has 16 heavy (non-hydrogen) atoms. The van der Waals surface area contributed by atoms with Gasteiger partial charge in [0.1, 0.15) is 0 Å². The first kappa shape index (κ1) is 13.2. The van der Waals surface area contributed by atoms with E-state index >= 15 is 0 Å². The van der Waals surface area contributed by atoms with Gasteiger partial charge in [0.2, 0.25) is 0 Å². The first-order valence-corrected chi connectivity index (χ1v) is 5.91. The molecule has 0 radical (unpaired) electrons. The van der Waals surface area contributed by atoms with Crippen molar-refractivity contribution in [3.05, 3.63) is 18.0 Å². The number of aryl methyl sites for hydroxylation is 2. The van der Waals surface area contributed by atoms with E-state index in [4.69, 9.17) is 0 Å². The third-order valence-corrected chi connectivity index (χ3v) is 2.87. The van der Waals surface area contributed by atoms with Crippen molar-refractivity contribution in [1.82, 2.24) is 20.0 Å². The fourth-order valence-electron chi connectivity index (χ4n) is 1.79. The summed E-state index contributed by atoms with van der Waals surface area (Å²) in [5, 5.41) is 7.56. The van der Waals surface area contributed by atoms with Crippen molar-refractivity contribution in [3.8, 4) is 0 Å². The highest BCUT2D eigenvalue weighted by Gasteiger charge is 2.07. The van der Waals surface area contributed by atoms with Gasteiger partial charge in [-0.25, -0.2) is 0 Å². The molecule has 0 spiro atoms. The van der Waals surface area contributed by atoms with Gasteiger partial charge in [-0.05, 0) is 52.5 Å². The third kappa shape index (κ3) is 4.77. The predicted octanol–water partition coefficient (Wildman–Crippen LogP) is 0.892. The van der Waals surface area contributed by atoms with Crippen LogP contribution in [0.4, 0.5) is 0 Å². The standard InChI is InChI=1S/C12H24N4/c1-13-12(7-8-15(2)3)6-5-11-9-14-16(4)10-11/h9-10,12-13H,5-8H2,1-4H3. The molecule has 1 unspecified atom stereocenters. The van der Waals surface area contributed by atoms with Crippen LogP contribution in [0.1, 0.15) is 18.4 Å². The molecule has 1 aromatic heterocycles. The maximum Gasteiger partial charge on any atom is 0.0521 e. The van der Waals surface area contributed by atoms with E-state index in [1.54, 1.807) is 0 Å². The van der Waals surface area contributed by atoms with Gasteiger partial charge in [-0.1, -0.05) is 0 Å². The van der Waals surface area contributed by atoms with E-state index in [0.29, 0.717) is 6.04 Å². The Hall–Kier alpha value is -0.870. The molecule has 0 aliphatic carbocycles. The van der Waals surface area contributed by atoms with Gasteiger partial charge in [0, 0.05) is 19.3 Å². The Morgan fingerprint density at radius 3 is 2.69 bits per heavy atom. The summed E-state index contributed by atoms with van der Waals surface area (Å²) in [5.41, 5.74) is 1.33. The Morgan fingerprint density at radius 1 is 1.44 bits per heavy atom. The largest absolute Gasteiger partial charge is 0.317 e. The van der Waals surface area contributed by atoms with Gasteiger partial charge in [-0.2, -0.15) is 5.10 Å². The first-order valence-electron chi connectivity index (χ1n) is 5.91. The summed E-state index contributed by atoms with van der Waals surface area (Å²) in [7, 11) is 8.25. The lowest BCUT2D eigenvalue weighted by Gasteiger charge is -2.18. The zero-order chi connectivity index (χ0) is 12.0. The quantitative estimate of drug-likeness (QED) is 0.747. The fraction of sp³-hybridized carbons (Fsp3) is 0.750. The first-order chi connectivity index (χ1) is 7.61. The lowest BCUT2D eigenvalue weighted by Crippen LogP contribution is -2.29. The molecule has 0 amide bonds. The number of nitrogens with zero attached hydrogens (tertiary/aromatic N) is 3. The third-order valence-electron chi connectivity index (χ3n) is 2.87. The summed E-state index contributed by atoms with van der Waals surface area (Å²) in [6.07, 6.45) is 7.53. The fourth-order valence-corrected chi connectivity index (χ4v) is 1.79. The zero-order valence-electron chi connectivity index (χ0n) is 10.9. The highest BCUT2D eigenvalue weighted by atomic mass is 15.2. The number of hydrogen-bond donors (Lipinski definition) is 1. The molecular weight excluding hydrogens is 200 g/mol. The molecular formula is C12H24N4. The van der Waals surface area contributed by atoms with Gasteiger partial charge in [0.15, 0.2) is 0 Å². The molecule has 1 aromatic rings. The molecule has 0 fully saturated rings. The monoisotopic (exact) mass is 224 g/mol. The van der Waals surface area contributed by atoms with E-state index < -0.39 is 0 Å². The Bertz CT molecular complexity index is 293. The van der Waals surface area contributed by atoms with Gasteiger partial charge < -0.3 is 10.2 Å². The maximum absolute atomic E-state index is 4.18. The van der Waals surface area contributed by atoms with Crippen LogP contribution < -0.4 is 5.32 Å². The van der Waals surface area contributed by atoms with Crippen molar-refractivity contribution in [3.63, 3.8) is 0 Å². The molecule has 1 rings (SSSR count). The van der Waals surface area contributed by atoms with Gasteiger partial charge in [-0.15, -0.1) is 0 Å². The van der Waals surface area contributed by atoms with Crippen LogP contribution in [0.15, 0.2) is 12.4 Å². The topological polar surface area (TPSA) is 33.1 Å².